The zero-order valence-corrected chi connectivity index (χ0v) is 70.3. The number of ketones is 2. The van der Waals surface area contributed by atoms with E-state index in [0.29, 0.717) is 31.8 Å². The number of thiophene rings is 5. The number of carbonyl (C=O) groups is 4. The van der Waals surface area contributed by atoms with Crippen LogP contribution in [0.4, 0.5) is 0 Å². The summed E-state index contributed by atoms with van der Waals surface area (Å²) in [4.78, 5) is 80.0. The van der Waals surface area contributed by atoms with Gasteiger partial charge in [-0.05, 0) is 267 Å². The van der Waals surface area contributed by atoms with E-state index in [0.717, 1.165) is 162 Å². The molecule has 23 heteroatoms. The molecule has 0 bridgehead atoms. The number of carbonyl (C=O) groups excluding carboxylic acids is 4. The first-order valence-electron chi connectivity index (χ1n) is 38.0. The minimum absolute atomic E-state index is 0.0202. The summed E-state index contributed by atoms with van der Waals surface area (Å²) in [5.74, 6) is 1.65. The van der Waals surface area contributed by atoms with Gasteiger partial charge in [0.05, 0.1) is 30.1 Å². The fourth-order valence-corrected chi connectivity index (χ4v) is 22.0. The number of amides is 2. The lowest BCUT2D eigenvalue weighted by Gasteiger charge is -2.23. The van der Waals surface area contributed by atoms with Gasteiger partial charge in [0.1, 0.15) is 0 Å². The van der Waals surface area contributed by atoms with Gasteiger partial charge in [-0.1, -0.05) is 124 Å². The van der Waals surface area contributed by atoms with Gasteiger partial charge < -0.3 is 15.8 Å². The first kappa shape index (κ1) is 80.3. The number of aromatic nitrogens is 5. The van der Waals surface area contributed by atoms with Crippen LogP contribution in [-0.4, -0.2) is 72.3 Å². The van der Waals surface area contributed by atoms with Crippen molar-refractivity contribution in [2.75, 3.05) is 13.1 Å². The third-order valence-electron chi connectivity index (χ3n) is 21.3. The fourth-order valence-electron chi connectivity index (χ4n) is 15.5. The van der Waals surface area contributed by atoms with Gasteiger partial charge in [-0.2, -0.15) is 0 Å². The molecule has 2 unspecified atom stereocenters. The molecule has 0 radical (unpaired) electrons. The lowest BCUT2D eigenvalue weighted by molar-refractivity contribution is 0.0951. The van der Waals surface area contributed by atoms with Gasteiger partial charge in [-0.25, -0.2) is 0 Å². The van der Waals surface area contributed by atoms with E-state index in [9.17, 15) is 24.4 Å². The monoisotopic (exact) mass is 1730 g/mol. The highest BCUT2D eigenvalue weighted by Gasteiger charge is 2.36. The van der Waals surface area contributed by atoms with Crippen LogP contribution in [0.3, 0.4) is 0 Å². The minimum atomic E-state index is 0.0202. The molecular weight excluding hydrogens is 1660 g/mol. The van der Waals surface area contributed by atoms with Gasteiger partial charge in [0.25, 0.3) is 11.8 Å². The first-order chi connectivity index (χ1) is 57.1. The smallest absolute Gasteiger partial charge is 0.261 e. The molecule has 13 nitrogen and oxygen atoms in total. The van der Waals surface area contributed by atoms with Crippen LogP contribution in [0.25, 0.3) is 52.2 Å². The lowest BCUT2D eigenvalue weighted by atomic mass is 9.81. The molecule has 2 amide bonds. The second-order valence-corrected chi connectivity index (χ2v) is 35.9. The van der Waals surface area contributed by atoms with Crippen LogP contribution in [0.15, 0.2) is 279 Å². The molecule has 0 spiro atoms. The van der Waals surface area contributed by atoms with Crippen LogP contribution in [-0.2, 0) is 0 Å². The van der Waals surface area contributed by atoms with Crippen molar-refractivity contribution in [3.63, 3.8) is 0 Å². The van der Waals surface area contributed by atoms with Crippen LogP contribution in [0.2, 0.25) is 25.1 Å². The maximum atomic E-state index is 12.4. The zero-order valence-electron chi connectivity index (χ0n) is 62.4. The van der Waals surface area contributed by atoms with Crippen molar-refractivity contribution in [1.29, 1.82) is 0 Å². The summed E-state index contributed by atoms with van der Waals surface area (Å²) in [6.45, 7) is 1.36. The van der Waals surface area contributed by atoms with Gasteiger partial charge in [-0.3, -0.25) is 44.1 Å². The Labute approximate surface area is 721 Å². The van der Waals surface area contributed by atoms with E-state index in [-0.39, 0.29) is 47.1 Å². The second-order valence-electron chi connectivity index (χ2n) is 28.4. The van der Waals surface area contributed by atoms with Gasteiger partial charge >= 0.3 is 0 Å². The van der Waals surface area contributed by atoms with Gasteiger partial charge in [0.15, 0.2) is 11.6 Å². The van der Waals surface area contributed by atoms with Gasteiger partial charge in [0, 0.05) is 167 Å². The highest BCUT2D eigenvalue weighted by atomic mass is 35.5. The van der Waals surface area contributed by atoms with E-state index in [2.05, 4.69) is 120 Å². The Bertz CT molecular complexity index is 5900. The summed E-state index contributed by atoms with van der Waals surface area (Å²) in [7, 11) is 0. The first-order valence-corrected chi connectivity index (χ1v) is 43.9. The maximum absolute atomic E-state index is 12.4. The Morgan fingerprint density at radius 3 is 0.863 bits per heavy atom. The highest BCUT2D eigenvalue weighted by Crippen LogP contribution is 2.49. The molecule has 2 aliphatic heterocycles. The molecule has 5 aromatic carbocycles. The molecule has 3 aliphatic carbocycles. The van der Waals surface area contributed by atoms with Crippen LogP contribution in [0.5, 0.6) is 0 Å². The highest BCUT2D eigenvalue weighted by molar-refractivity contribution is 7.19. The Morgan fingerprint density at radius 1 is 0.299 bits per heavy atom. The van der Waals surface area contributed by atoms with Crippen molar-refractivity contribution in [3.05, 3.63) is 379 Å². The molecule has 0 saturated heterocycles. The van der Waals surface area contributed by atoms with E-state index in [1.807, 2.05) is 133 Å². The lowest BCUT2D eigenvalue weighted by Crippen LogP contribution is -2.21. The maximum Gasteiger partial charge on any atom is 0.261 e. The van der Waals surface area contributed by atoms with Crippen LogP contribution in [0.1, 0.15) is 174 Å². The third kappa shape index (κ3) is 18.5. The van der Waals surface area contributed by atoms with Crippen LogP contribution < -0.4 is 10.6 Å². The molecule has 20 rings (SSSR count). The average Bonchev–Trinajstić information content (AvgIpc) is 1.55. The summed E-state index contributed by atoms with van der Waals surface area (Å²) < 4.78 is 0. The number of rotatable bonds is 10. The third-order valence-corrected chi connectivity index (χ3v) is 28.7. The predicted octanol–water partition coefficient (Wildman–Crippen LogP) is 25.8. The van der Waals surface area contributed by atoms with Crippen molar-refractivity contribution < 1.29 is 24.4 Å². The number of nitrogens with zero attached hydrogens (tertiary/aromatic N) is 6. The standard InChI is InChI=1S/3C19H15ClN2OS.C19H14ClNOS.C18H12ClNOS/c2*20-14-3-1-12(2-4-14)15-7-10-22-19(23)18-16(15)11-17(24-18)13-5-8-21-9-6-13;20-14-3-1-12(2-4-14)15-5-6-17(22-23)19-16(15)11-18(24-19)13-7-9-21-10-8-13;20-14-3-1-12(2-4-14)15-5-6-17(22)19-16(15)11-18(23-19)13-7-9-21-10-8-13;19-13-3-1-11(2-4-13)14-9-16(21)18-15(14)10-17(22-18)12-5-7-20-8-6-12/h2*1-6,8-9,11,15H,7,10H2,(H,22,23);1-4,7-11,15,23H,5-6H2;1-4,7-11,15H,5-6H2;1-8,10,14H,9H2/b;;22-17+;;/t2*15-;;15-;/m10.1./s1. The van der Waals surface area contributed by atoms with Crippen molar-refractivity contribution >= 4 is 144 Å². The molecule has 5 atom stereocenters. The molecule has 3 N–H and O–H groups in total. The molecule has 0 saturated carbocycles. The Balaban J connectivity index is 0.000000110. The number of halogens is 5. The Kier molecular flexibility index (Phi) is 25.4. The normalized spacial score (nSPS) is 17.3. The number of pyridine rings is 5. The van der Waals surface area contributed by atoms with E-state index in [1.54, 1.807) is 119 Å². The number of oxime groups is 1. The molecular formula is C94H71Cl5N8O5S5. The van der Waals surface area contributed by atoms with E-state index >= 15 is 0 Å². The number of nitrogens with one attached hydrogen (secondary N) is 2. The summed E-state index contributed by atoms with van der Waals surface area (Å²) in [6.07, 6.45) is 23.3. The molecule has 5 aliphatic rings. The van der Waals surface area contributed by atoms with Crippen molar-refractivity contribution in [3.8, 4) is 52.2 Å². The Hall–Kier alpha value is -10.5. The minimum Gasteiger partial charge on any atom is -0.411 e. The summed E-state index contributed by atoms with van der Waals surface area (Å²) in [5, 5.41) is 22.6. The number of fused-ring (bicyclic) bond motifs is 5. The zero-order chi connectivity index (χ0) is 80.5. The quantitative estimate of drug-likeness (QED) is 0.0878. The van der Waals surface area contributed by atoms with Crippen molar-refractivity contribution in [2.45, 2.75) is 74.5 Å². The van der Waals surface area contributed by atoms with Crippen molar-refractivity contribution in [2.24, 2.45) is 5.16 Å². The predicted molar refractivity (Wildman–Crippen MR) is 478 cm³/mol. The topological polar surface area (TPSA) is 189 Å². The number of hydrogen-bond donors (Lipinski definition) is 3. The van der Waals surface area contributed by atoms with Gasteiger partial charge in [0.2, 0.25) is 0 Å². The van der Waals surface area contributed by atoms with E-state index in [4.69, 9.17) is 58.0 Å². The molecule has 0 fully saturated rings. The molecule has 10 aromatic heterocycles. The molecule has 15 aromatic rings. The fraction of sp³-hybridized carbons (Fsp3) is 0.149. The SMILES string of the molecule is O/N=C1\CCC(c2ccc(Cl)cc2)c2cc(-c3ccncc3)sc21.O=C1CC(c2ccc(Cl)cc2)c2cc(-c3ccncc3)sc21.O=C1CC[C@H](c2ccc(Cl)cc2)c2cc(-c3ccncc3)sc21.O=C1NCC[C@@H](c2ccc(Cl)cc2)c2cc(-c3ccncc3)sc21.O=C1NCC[C@H](c2ccc(Cl)cc2)c2cc(-c3ccncc3)sc21. The van der Waals surface area contributed by atoms with Crippen LogP contribution in [0, 0.1) is 0 Å². The molecule has 117 heavy (non-hydrogen) atoms. The molecule has 582 valence electrons. The number of hydrogen-bond acceptors (Lipinski definition) is 16. The summed E-state index contributed by atoms with van der Waals surface area (Å²) in [5.41, 5.74) is 18.0. The average molecular weight is 1730 g/mol. The second kappa shape index (κ2) is 37.0. The number of benzene rings is 5. The largest absolute Gasteiger partial charge is 0.411 e. The van der Waals surface area contributed by atoms with E-state index < -0.39 is 0 Å². The number of Topliss-reactive ketones (excluding diaryl/α,β-unsaturated/α-hetero) is 2. The van der Waals surface area contributed by atoms with E-state index in [1.165, 1.54) is 32.7 Å². The summed E-state index contributed by atoms with van der Waals surface area (Å²) in [6, 6.07) is 70.3. The van der Waals surface area contributed by atoms with Crippen molar-refractivity contribution in [1.82, 2.24) is 35.6 Å². The van der Waals surface area contributed by atoms with Gasteiger partial charge in [-0.15, -0.1) is 56.7 Å². The molecule has 12 heterocycles. The summed E-state index contributed by atoms with van der Waals surface area (Å²) >= 11 is 38.0. The van der Waals surface area contributed by atoms with Crippen LogP contribution >= 0.6 is 115 Å². The Morgan fingerprint density at radius 2 is 0.547 bits per heavy atom.